The number of methoxy groups -OCH3 is 1. The van der Waals surface area contributed by atoms with Crippen LogP contribution in [0, 0.1) is 0 Å². The lowest BCUT2D eigenvalue weighted by atomic mass is 10.1. The zero-order valence-corrected chi connectivity index (χ0v) is 12.7. The third-order valence-corrected chi connectivity index (χ3v) is 5.59. The van der Waals surface area contributed by atoms with Gasteiger partial charge in [0, 0.05) is 7.11 Å². The van der Waals surface area contributed by atoms with E-state index in [4.69, 9.17) is 4.74 Å². The molecule has 0 aliphatic heterocycles. The van der Waals surface area contributed by atoms with Gasteiger partial charge < -0.3 is 4.74 Å². The maximum atomic E-state index is 5.65. The monoisotopic (exact) mass is 248 g/mol. The first kappa shape index (κ1) is 14.2. The van der Waals surface area contributed by atoms with E-state index in [-0.39, 0.29) is 6.10 Å². The van der Waals surface area contributed by atoms with E-state index in [1.807, 2.05) is 6.07 Å². The van der Waals surface area contributed by atoms with Crippen molar-refractivity contribution in [3.8, 4) is 0 Å². The molecule has 1 aromatic carbocycles. The number of hydrogen-bond donors (Lipinski definition) is 0. The van der Waals surface area contributed by atoms with Gasteiger partial charge in [0.25, 0.3) is 0 Å². The maximum Gasteiger partial charge on any atom is 0.0854 e. The Labute approximate surface area is 107 Å². The number of rotatable bonds is 5. The summed E-state index contributed by atoms with van der Waals surface area (Å²) >= 11 is 0. The third-order valence-electron chi connectivity index (χ3n) is 3.17. The van der Waals surface area contributed by atoms with Crippen LogP contribution in [0.25, 0.3) is 0 Å². The summed E-state index contributed by atoms with van der Waals surface area (Å²) in [4.78, 5) is 0. The van der Waals surface area contributed by atoms with Crippen LogP contribution in [0.1, 0.15) is 25.0 Å². The zero-order valence-electron chi connectivity index (χ0n) is 11.7. The van der Waals surface area contributed by atoms with E-state index in [0.717, 1.165) is 6.42 Å². The first-order chi connectivity index (χ1) is 7.99. The first-order valence-electron chi connectivity index (χ1n) is 6.22. The molecule has 0 aliphatic rings. The molecule has 0 amide bonds. The Morgan fingerprint density at radius 3 is 2.24 bits per heavy atom. The Balaban J connectivity index is 2.85. The highest BCUT2D eigenvalue weighted by molar-refractivity contribution is 6.83. The van der Waals surface area contributed by atoms with E-state index >= 15 is 0 Å². The van der Waals surface area contributed by atoms with Crippen molar-refractivity contribution in [2.45, 2.75) is 39.1 Å². The molecule has 0 saturated carbocycles. The fourth-order valence-corrected chi connectivity index (χ4v) is 3.73. The molecule has 0 saturated heterocycles. The minimum atomic E-state index is -1.22. The summed E-state index contributed by atoms with van der Waals surface area (Å²) < 4.78 is 5.65. The number of benzene rings is 1. The van der Waals surface area contributed by atoms with Crippen LogP contribution in [0.2, 0.25) is 19.6 Å². The van der Waals surface area contributed by atoms with Crippen LogP contribution in [0.3, 0.4) is 0 Å². The minimum absolute atomic E-state index is 0.189. The van der Waals surface area contributed by atoms with Gasteiger partial charge in [0.2, 0.25) is 0 Å². The van der Waals surface area contributed by atoms with Gasteiger partial charge in [-0.15, -0.1) is 0 Å². The molecule has 0 fully saturated rings. The summed E-state index contributed by atoms with van der Waals surface area (Å²) in [7, 11) is 0.583. The highest BCUT2D eigenvalue weighted by Crippen LogP contribution is 2.29. The molecule has 0 radical (unpaired) electrons. The van der Waals surface area contributed by atoms with Crippen LogP contribution < -0.4 is 0 Å². The summed E-state index contributed by atoms with van der Waals surface area (Å²) in [6.07, 6.45) is 3.49. The van der Waals surface area contributed by atoms with Gasteiger partial charge in [-0.25, -0.2) is 0 Å². The number of ether oxygens (including phenoxy) is 1. The van der Waals surface area contributed by atoms with Gasteiger partial charge in [0.15, 0.2) is 0 Å². The summed E-state index contributed by atoms with van der Waals surface area (Å²) in [6, 6.07) is 10.5. The molecule has 1 nitrogen and oxygen atoms in total. The fourth-order valence-electron chi connectivity index (χ4n) is 2.06. The van der Waals surface area contributed by atoms with Crippen molar-refractivity contribution in [1.82, 2.24) is 0 Å². The molecule has 94 valence electrons. The molecular weight excluding hydrogens is 224 g/mol. The van der Waals surface area contributed by atoms with E-state index in [0.29, 0.717) is 0 Å². The third kappa shape index (κ3) is 4.13. The van der Waals surface area contributed by atoms with Crippen molar-refractivity contribution in [2.24, 2.45) is 0 Å². The lowest BCUT2D eigenvalue weighted by molar-refractivity contribution is 0.105. The molecule has 1 rings (SSSR count). The topological polar surface area (TPSA) is 9.23 Å². The fraction of sp³-hybridized carbons (Fsp3) is 0.467. The lowest BCUT2D eigenvalue weighted by Gasteiger charge is -2.25. The van der Waals surface area contributed by atoms with Crippen molar-refractivity contribution in [1.29, 1.82) is 0 Å². The van der Waals surface area contributed by atoms with Crippen molar-refractivity contribution >= 4 is 8.07 Å². The van der Waals surface area contributed by atoms with Gasteiger partial charge in [-0.3, -0.25) is 0 Å². The molecule has 0 aromatic heterocycles. The molecule has 0 spiro atoms. The van der Waals surface area contributed by atoms with Crippen LogP contribution in [-0.2, 0) is 4.74 Å². The van der Waals surface area contributed by atoms with E-state index in [1.165, 1.54) is 5.56 Å². The van der Waals surface area contributed by atoms with Crippen LogP contribution in [-0.4, -0.2) is 15.2 Å². The van der Waals surface area contributed by atoms with Gasteiger partial charge in [0.1, 0.15) is 0 Å². The predicted octanol–water partition coefficient (Wildman–Crippen LogP) is 4.59. The maximum absolute atomic E-state index is 5.65. The van der Waals surface area contributed by atoms with Gasteiger partial charge >= 0.3 is 0 Å². The summed E-state index contributed by atoms with van der Waals surface area (Å²) in [5.41, 5.74) is 1.27. The summed E-state index contributed by atoms with van der Waals surface area (Å²) in [5, 5.41) is 1.58. The van der Waals surface area contributed by atoms with Crippen LogP contribution >= 0.6 is 0 Å². The van der Waals surface area contributed by atoms with Crippen molar-refractivity contribution in [3.05, 3.63) is 47.2 Å². The van der Waals surface area contributed by atoms with E-state index < -0.39 is 8.07 Å². The second kappa shape index (κ2) is 6.17. The summed E-state index contributed by atoms with van der Waals surface area (Å²) in [5.74, 6) is 0. The second-order valence-corrected chi connectivity index (χ2v) is 10.5. The molecule has 0 aliphatic carbocycles. The molecule has 17 heavy (non-hydrogen) atoms. The standard InChI is InChI=1S/C15H24OSi/c1-6-14(17(3,4)5)12-15(16-2)13-10-8-7-9-11-13/h6-11,15H,12H2,1-5H3/b14-6-. The Morgan fingerprint density at radius 1 is 1.24 bits per heavy atom. The van der Waals surface area contributed by atoms with Gasteiger partial charge in [-0.05, 0) is 18.9 Å². The number of allylic oxidation sites excluding steroid dienone is 1. The lowest BCUT2D eigenvalue weighted by Crippen LogP contribution is -2.25. The normalized spacial score (nSPS) is 14.8. The minimum Gasteiger partial charge on any atom is -0.376 e. The highest BCUT2D eigenvalue weighted by Gasteiger charge is 2.22. The van der Waals surface area contributed by atoms with E-state index in [2.05, 4.69) is 56.9 Å². The Hall–Kier alpha value is -0.863. The molecule has 1 unspecified atom stereocenters. The molecule has 1 atom stereocenters. The average Bonchev–Trinajstić information content (AvgIpc) is 2.30. The van der Waals surface area contributed by atoms with Crippen LogP contribution in [0.5, 0.6) is 0 Å². The zero-order chi connectivity index (χ0) is 12.9. The number of hydrogen-bond acceptors (Lipinski definition) is 1. The molecule has 0 heterocycles. The van der Waals surface area contributed by atoms with Crippen LogP contribution in [0.4, 0.5) is 0 Å². The average molecular weight is 248 g/mol. The Kier molecular flexibility index (Phi) is 5.16. The van der Waals surface area contributed by atoms with Gasteiger partial charge in [0.05, 0.1) is 14.2 Å². The molecule has 0 bridgehead atoms. The van der Waals surface area contributed by atoms with Crippen molar-refractivity contribution < 1.29 is 4.74 Å². The van der Waals surface area contributed by atoms with Gasteiger partial charge in [-0.2, -0.15) is 0 Å². The summed E-state index contributed by atoms with van der Waals surface area (Å²) in [6.45, 7) is 9.31. The second-order valence-electron chi connectivity index (χ2n) is 5.40. The van der Waals surface area contributed by atoms with Crippen molar-refractivity contribution in [3.63, 3.8) is 0 Å². The van der Waals surface area contributed by atoms with Crippen LogP contribution in [0.15, 0.2) is 41.6 Å². The predicted molar refractivity (Wildman–Crippen MR) is 77.9 cm³/mol. The molecule has 1 aromatic rings. The highest BCUT2D eigenvalue weighted by atomic mass is 28.3. The quantitative estimate of drug-likeness (QED) is 0.693. The van der Waals surface area contributed by atoms with Crippen molar-refractivity contribution in [2.75, 3.05) is 7.11 Å². The molecule has 2 heteroatoms. The molecular formula is C15H24OSi. The Bertz CT molecular complexity index is 362. The Morgan fingerprint density at radius 2 is 1.82 bits per heavy atom. The van der Waals surface area contributed by atoms with E-state index in [1.54, 1.807) is 12.3 Å². The SMILES string of the molecule is C/C=C(/CC(OC)c1ccccc1)[Si](C)(C)C. The van der Waals surface area contributed by atoms with E-state index in [9.17, 15) is 0 Å². The van der Waals surface area contributed by atoms with Gasteiger partial charge in [-0.1, -0.05) is 61.2 Å². The largest absolute Gasteiger partial charge is 0.376 e. The first-order valence-corrected chi connectivity index (χ1v) is 9.72. The smallest absolute Gasteiger partial charge is 0.0854 e. The molecule has 0 N–H and O–H groups in total.